The van der Waals surface area contributed by atoms with Gasteiger partial charge in [-0.3, -0.25) is 4.21 Å². The third-order valence-electron chi connectivity index (χ3n) is 3.25. The third-order valence-corrected chi connectivity index (χ3v) is 6.68. The number of nitrogens with zero attached hydrogens (tertiary/aromatic N) is 1. The summed E-state index contributed by atoms with van der Waals surface area (Å²) < 4.78 is 47.7. The first kappa shape index (κ1) is 21.5. The van der Waals surface area contributed by atoms with Crippen LogP contribution in [0.5, 0.6) is 0 Å². The maximum absolute atomic E-state index is 11.7. The van der Waals surface area contributed by atoms with E-state index in [4.69, 9.17) is 28.3 Å². The molecule has 2 aromatic carbocycles. The summed E-state index contributed by atoms with van der Waals surface area (Å²) in [5.41, 5.74) is 0.337. The van der Waals surface area contributed by atoms with Crippen LogP contribution in [-0.2, 0) is 21.3 Å². The summed E-state index contributed by atoms with van der Waals surface area (Å²) >= 11 is 10.7. The van der Waals surface area contributed by atoms with Gasteiger partial charge in [0.25, 0.3) is 0 Å². The molecule has 0 heterocycles. The molecule has 0 amide bonds. The molecule has 6 nitrogen and oxygen atoms in total. The summed E-state index contributed by atoms with van der Waals surface area (Å²) in [5, 5.41) is 6.01. The van der Waals surface area contributed by atoms with Gasteiger partial charge in [0, 0.05) is 32.6 Å². The smallest absolute Gasteiger partial charge is 0.238 e. The minimum Gasteiger partial charge on any atom is -0.755 e. The number of hydrogen-bond donors (Lipinski definition) is 1. The van der Waals surface area contributed by atoms with Gasteiger partial charge in [-0.05, 0) is 42.8 Å². The lowest BCUT2D eigenvalue weighted by molar-refractivity contribution is 0.531. The molecule has 0 aliphatic carbocycles. The van der Waals surface area contributed by atoms with E-state index in [1.54, 1.807) is 18.2 Å². The Morgan fingerprint density at radius 2 is 1.88 bits per heavy atom. The SMILES string of the molecule is CCCN(c1ccc(S(N)(=O)=O)cc1Sc1ccc(Cl)cc1Cl)S(=O)[O-]. The lowest BCUT2D eigenvalue weighted by atomic mass is 10.3. The van der Waals surface area contributed by atoms with Crippen molar-refractivity contribution in [2.75, 3.05) is 10.8 Å². The van der Waals surface area contributed by atoms with Crippen molar-refractivity contribution in [1.29, 1.82) is 0 Å². The van der Waals surface area contributed by atoms with Crippen molar-refractivity contribution in [2.24, 2.45) is 5.14 Å². The lowest BCUT2D eigenvalue weighted by Gasteiger charge is -2.28. The van der Waals surface area contributed by atoms with Crippen LogP contribution in [0.2, 0.25) is 10.0 Å². The van der Waals surface area contributed by atoms with Crippen LogP contribution in [0.1, 0.15) is 13.3 Å². The van der Waals surface area contributed by atoms with Gasteiger partial charge in [-0.25, -0.2) is 13.6 Å². The van der Waals surface area contributed by atoms with Crippen molar-refractivity contribution in [3.05, 3.63) is 46.4 Å². The number of nitrogens with two attached hydrogens (primary N) is 1. The van der Waals surface area contributed by atoms with Crippen LogP contribution in [-0.4, -0.2) is 23.7 Å². The molecule has 11 heteroatoms. The first-order chi connectivity index (χ1) is 12.1. The molecule has 0 aliphatic heterocycles. The van der Waals surface area contributed by atoms with Crippen molar-refractivity contribution in [2.45, 2.75) is 28.0 Å². The second kappa shape index (κ2) is 8.92. The summed E-state index contributed by atoms with van der Waals surface area (Å²) in [7, 11) is -3.95. The Labute approximate surface area is 169 Å². The molecule has 142 valence electrons. The Hall–Kier alpha value is -0.810. The van der Waals surface area contributed by atoms with Crippen LogP contribution in [0, 0.1) is 0 Å². The van der Waals surface area contributed by atoms with Gasteiger partial charge in [-0.2, -0.15) is 0 Å². The Balaban J connectivity index is 2.59. The van der Waals surface area contributed by atoms with E-state index in [1.165, 1.54) is 18.2 Å². The fourth-order valence-electron chi connectivity index (χ4n) is 2.11. The van der Waals surface area contributed by atoms with Gasteiger partial charge in [-0.15, -0.1) is 0 Å². The highest BCUT2D eigenvalue weighted by molar-refractivity contribution is 7.99. The summed E-state index contributed by atoms with van der Waals surface area (Å²) in [6.45, 7) is 2.08. The molecule has 2 N–H and O–H groups in total. The topological polar surface area (TPSA) is 104 Å². The van der Waals surface area contributed by atoms with Crippen molar-refractivity contribution in [3.8, 4) is 0 Å². The molecule has 0 radical (unpaired) electrons. The fraction of sp³-hybridized carbons (Fsp3) is 0.200. The zero-order valence-corrected chi connectivity index (χ0v) is 17.5. The molecule has 26 heavy (non-hydrogen) atoms. The van der Waals surface area contributed by atoms with E-state index in [1.807, 2.05) is 6.92 Å². The Morgan fingerprint density at radius 1 is 1.19 bits per heavy atom. The van der Waals surface area contributed by atoms with E-state index in [-0.39, 0.29) is 11.4 Å². The average molecular weight is 454 g/mol. The summed E-state index contributed by atoms with van der Waals surface area (Å²) in [5.74, 6) is 0. The van der Waals surface area contributed by atoms with E-state index >= 15 is 0 Å². The van der Waals surface area contributed by atoms with Crippen molar-refractivity contribution in [1.82, 2.24) is 0 Å². The predicted octanol–water partition coefficient (Wildman–Crippen LogP) is 3.80. The van der Waals surface area contributed by atoms with Crippen LogP contribution in [0.3, 0.4) is 0 Å². The minimum atomic E-state index is -3.95. The van der Waals surface area contributed by atoms with Crippen LogP contribution in [0.15, 0.2) is 51.1 Å². The van der Waals surface area contributed by atoms with Gasteiger partial charge in [-0.1, -0.05) is 41.9 Å². The van der Waals surface area contributed by atoms with Gasteiger partial charge in [0.05, 0.1) is 15.6 Å². The highest BCUT2D eigenvalue weighted by atomic mass is 35.5. The van der Waals surface area contributed by atoms with Gasteiger partial charge in [0.15, 0.2) is 0 Å². The molecule has 0 saturated carbocycles. The van der Waals surface area contributed by atoms with Crippen molar-refractivity contribution in [3.63, 3.8) is 0 Å². The second-order valence-corrected chi connectivity index (χ2v) is 9.53. The fourth-order valence-corrected chi connectivity index (χ4v) is 4.96. The van der Waals surface area contributed by atoms with Gasteiger partial charge < -0.3 is 8.86 Å². The maximum atomic E-state index is 11.7. The molecule has 2 aromatic rings. The maximum Gasteiger partial charge on any atom is 0.238 e. The largest absolute Gasteiger partial charge is 0.755 e. The van der Waals surface area contributed by atoms with Gasteiger partial charge in [0.1, 0.15) is 0 Å². The summed E-state index contributed by atoms with van der Waals surface area (Å²) in [6.07, 6.45) is 0.580. The molecule has 1 unspecified atom stereocenters. The lowest BCUT2D eigenvalue weighted by Crippen LogP contribution is -2.27. The Bertz CT molecular complexity index is 938. The van der Waals surface area contributed by atoms with E-state index in [2.05, 4.69) is 0 Å². The highest BCUT2D eigenvalue weighted by Crippen LogP contribution is 2.40. The normalized spacial score (nSPS) is 12.8. The molecule has 0 bridgehead atoms. The summed E-state index contributed by atoms with van der Waals surface area (Å²) in [4.78, 5) is 0.859. The monoisotopic (exact) mass is 453 g/mol. The Kier molecular flexibility index (Phi) is 7.37. The van der Waals surface area contributed by atoms with Crippen LogP contribution in [0.4, 0.5) is 5.69 Å². The van der Waals surface area contributed by atoms with Crippen molar-refractivity contribution >= 4 is 61.9 Å². The number of anilines is 1. The van der Waals surface area contributed by atoms with E-state index < -0.39 is 21.3 Å². The van der Waals surface area contributed by atoms with E-state index in [9.17, 15) is 17.2 Å². The Morgan fingerprint density at radius 3 is 2.42 bits per heavy atom. The number of sulfonamides is 1. The molecular formula is C15H15Cl2N2O4S3-. The average Bonchev–Trinajstić information content (AvgIpc) is 2.54. The molecule has 0 saturated heterocycles. The quantitative estimate of drug-likeness (QED) is 0.641. The first-order valence-corrected chi connectivity index (χ1v) is 11.4. The number of benzene rings is 2. The van der Waals surface area contributed by atoms with E-state index in [0.29, 0.717) is 31.9 Å². The molecule has 2 rings (SSSR count). The molecule has 0 spiro atoms. The predicted molar refractivity (Wildman–Crippen MR) is 105 cm³/mol. The molecule has 1 atom stereocenters. The minimum absolute atomic E-state index is 0.123. The number of halogens is 2. The van der Waals surface area contributed by atoms with Crippen molar-refractivity contribution < 1.29 is 17.2 Å². The first-order valence-electron chi connectivity index (χ1n) is 7.30. The number of primary sulfonamides is 1. The standard InChI is InChI=1S/C15H16Cl2N2O4S3/c1-2-7-19(25(20)21)13-5-4-11(26(18,22)23)9-15(13)24-14-6-3-10(16)8-12(14)17/h3-6,8-9H,2,7H2,1H3,(H,20,21)(H2,18,22,23)/p-1. The highest BCUT2D eigenvalue weighted by Gasteiger charge is 2.18. The number of hydrogen-bond acceptors (Lipinski definition) is 5. The molecular weight excluding hydrogens is 439 g/mol. The molecule has 0 aromatic heterocycles. The zero-order chi connectivity index (χ0) is 19.5. The molecule has 0 fully saturated rings. The van der Waals surface area contributed by atoms with Crippen LogP contribution < -0.4 is 9.44 Å². The van der Waals surface area contributed by atoms with Crippen LogP contribution >= 0.6 is 35.0 Å². The summed E-state index contributed by atoms with van der Waals surface area (Å²) in [6, 6.07) is 8.86. The second-order valence-electron chi connectivity index (χ2n) is 5.17. The molecule has 0 aliphatic rings. The van der Waals surface area contributed by atoms with Gasteiger partial charge in [0.2, 0.25) is 10.0 Å². The number of rotatable bonds is 7. The van der Waals surface area contributed by atoms with Gasteiger partial charge >= 0.3 is 0 Å². The zero-order valence-electron chi connectivity index (χ0n) is 13.5. The third kappa shape index (κ3) is 5.35. The van der Waals surface area contributed by atoms with E-state index in [0.717, 1.165) is 16.1 Å². The van der Waals surface area contributed by atoms with Crippen LogP contribution in [0.25, 0.3) is 0 Å².